The molecular weight excluding hydrogens is 312 g/mol. The molecule has 1 saturated heterocycles. The molecule has 2 heterocycles. The molecule has 9 heteroatoms. The van der Waals surface area contributed by atoms with Crippen LogP contribution in [0.5, 0.6) is 0 Å². The third kappa shape index (κ3) is 4.73. The molecule has 21 heavy (non-hydrogen) atoms. The summed E-state index contributed by atoms with van der Waals surface area (Å²) in [6.07, 6.45) is 3.08. The van der Waals surface area contributed by atoms with Crippen LogP contribution in [0.15, 0.2) is 5.38 Å². The van der Waals surface area contributed by atoms with E-state index in [4.69, 9.17) is 5.73 Å². The first-order valence-electron chi connectivity index (χ1n) is 6.80. The van der Waals surface area contributed by atoms with Crippen molar-refractivity contribution >= 4 is 27.3 Å². The lowest BCUT2D eigenvalue weighted by atomic mass is 10.1. The molecule has 0 radical (unpaired) electrons. The van der Waals surface area contributed by atoms with Gasteiger partial charge in [-0.25, -0.2) is 18.1 Å². The number of thiazole rings is 1. The van der Waals surface area contributed by atoms with E-state index in [9.17, 15) is 13.2 Å². The fourth-order valence-corrected chi connectivity index (χ4v) is 3.94. The Morgan fingerprint density at radius 3 is 2.76 bits per heavy atom. The van der Waals surface area contributed by atoms with E-state index in [0.29, 0.717) is 44.6 Å². The minimum absolute atomic E-state index is 0.0904. The number of carbonyl (C=O) groups excluding carboxylic acids is 1. The van der Waals surface area contributed by atoms with Crippen LogP contribution in [-0.2, 0) is 16.4 Å². The van der Waals surface area contributed by atoms with Gasteiger partial charge in [0, 0.05) is 30.9 Å². The molecule has 1 aromatic heterocycles. The van der Waals surface area contributed by atoms with Crippen LogP contribution in [0.2, 0.25) is 0 Å². The van der Waals surface area contributed by atoms with Crippen LogP contribution in [0.3, 0.4) is 0 Å². The highest BCUT2D eigenvalue weighted by Gasteiger charge is 2.26. The number of sulfonamides is 1. The number of amides is 1. The molecule has 0 spiro atoms. The summed E-state index contributed by atoms with van der Waals surface area (Å²) < 4.78 is 25.0. The molecule has 0 atom stereocenters. The van der Waals surface area contributed by atoms with Gasteiger partial charge in [-0.2, -0.15) is 0 Å². The maximum absolute atomic E-state index is 12.3. The van der Waals surface area contributed by atoms with E-state index < -0.39 is 10.0 Å². The number of hydrogen-bond acceptors (Lipinski definition) is 6. The van der Waals surface area contributed by atoms with Gasteiger partial charge < -0.3 is 10.6 Å². The molecule has 1 aromatic rings. The molecule has 0 aromatic carbocycles. The first kappa shape index (κ1) is 16.3. The smallest absolute Gasteiger partial charge is 0.273 e. The van der Waals surface area contributed by atoms with Crippen LogP contribution >= 0.6 is 11.3 Å². The van der Waals surface area contributed by atoms with Gasteiger partial charge in [0.1, 0.15) is 5.69 Å². The molecule has 1 amide bonds. The highest BCUT2D eigenvalue weighted by atomic mass is 32.2. The Morgan fingerprint density at radius 2 is 2.19 bits per heavy atom. The fourth-order valence-electron chi connectivity index (χ4n) is 2.31. The van der Waals surface area contributed by atoms with Gasteiger partial charge in [0.05, 0.1) is 11.3 Å². The number of nitrogens with two attached hydrogens (primary N) is 1. The zero-order valence-corrected chi connectivity index (χ0v) is 13.5. The van der Waals surface area contributed by atoms with Crippen LogP contribution in [0, 0.1) is 0 Å². The maximum atomic E-state index is 12.3. The Bertz CT molecular complexity index is 591. The Morgan fingerprint density at radius 1 is 1.52 bits per heavy atom. The molecule has 0 saturated carbocycles. The van der Waals surface area contributed by atoms with Gasteiger partial charge >= 0.3 is 0 Å². The van der Waals surface area contributed by atoms with Crippen molar-refractivity contribution in [3.8, 4) is 0 Å². The van der Waals surface area contributed by atoms with Gasteiger partial charge in [0.2, 0.25) is 10.0 Å². The summed E-state index contributed by atoms with van der Waals surface area (Å²) in [4.78, 5) is 18.3. The monoisotopic (exact) mass is 332 g/mol. The molecular formula is C12H20N4O3S2. The SMILES string of the molecule is CS(=O)(=O)NC1CCN(C(=O)c2csc(CCN)n2)CC1. The molecule has 0 bridgehead atoms. The van der Waals surface area contributed by atoms with Crippen molar-refractivity contribution in [3.05, 3.63) is 16.1 Å². The number of rotatable bonds is 5. The van der Waals surface area contributed by atoms with E-state index in [1.807, 2.05) is 0 Å². The van der Waals surface area contributed by atoms with E-state index in [2.05, 4.69) is 9.71 Å². The van der Waals surface area contributed by atoms with Crippen LogP contribution in [0.1, 0.15) is 28.3 Å². The van der Waals surface area contributed by atoms with Crippen molar-refractivity contribution in [1.82, 2.24) is 14.6 Å². The molecule has 0 aliphatic carbocycles. The van der Waals surface area contributed by atoms with Crippen molar-refractivity contribution in [1.29, 1.82) is 0 Å². The van der Waals surface area contributed by atoms with Gasteiger partial charge in [0.25, 0.3) is 5.91 Å². The number of piperidine rings is 1. The second-order valence-electron chi connectivity index (χ2n) is 5.12. The normalized spacial score (nSPS) is 17.1. The first-order valence-corrected chi connectivity index (χ1v) is 9.57. The van der Waals surface area contributed by atoms with Crippen LogP contribution in [0.25, 0.3) is 0 Å². The highest BCUT2D eigenvalue weighted by molar-refractivity contribution is 7.88. The van der Waals surface area contributed by atoms with E-state index >= 15 is 0 Å². The molecule has 118 valence electrons. The Balaban J connectivity index is 1.90. The minimum Gasteiger partial charge on any atom is -0.337 e. The fraction of sp³-hybridized carbons (Fsp3) is 0.667. The molecule has 7 nitrogen and oxygen atoms in total. The lowest BCUT2D eigenvalue weighted by Crippen LogP contribution is -2.46. The largest absolute Gasteiger partial charge is 0.337 e. The number of aromatic nitrogens is 1. The standard InChI is InChI=1S/C12H20N4O3S2/c1-21(18,19)15-9-3-6-16(7-4-9)12(17)10-8-20-11(14-10)2-5-13/h8-9,15H,2-7,13H2,1H3. The second-order valence-corrected chi connectivity index (χ2v) is 7.84. The van der Waals surface area contributed by atoms with E-state index in [1.54, 1.807) is 10.3 Å². The van der Waals surface area contributed by atoms with Crippen LogP contribution in [0.4, 0.5) is 0 Å². The van der Waals surface area contributed by atoms with E-state index in [1.165, 1.54) is 11.3 Å². The summed E-state index contributed by atoms with van der Waals surface area (Å²) in [6, 6.07) is -0.0905. The van der Waals surface area contributed by atoms with Gasteiger partial charge in [-0.3, -0.25) is 4.79 Å². The summed E-state index contributed by atoms with van der Waals surface area (Å²) in [7, 11) is -3.19. The average Bonchev–Trinajstić information content (AvgIpc) is 2.86. The number of nitrogens with one attached hydrogen (secondary N) is 1. The predicted octanol–water partition coefficient (Wildman–Crippen LogP) is -0.202. The van der Waals surface area contributed by atoms with E-state index in [0.717, 1.165) is 11.3 Å². The van der Waals surface area contributed by atoms with Crippen molar-refractivity contribution in [2.75, 3.05) is 25.9 Å². The van der Waals surface area contributed by atoms with Crippen molar-refractivity contribution in [3.63, 3.8) is 0 Å². The maximum Gasteiger partial charge on any atom is 0.273 e. The number of carbonyl (C=O) groups is 1. The lowest BCUT2D eigenvalue weighted by Gasteiger charge is -2.31. The lowest BCUT2D eigenvalue weighted by molar-refractivity contribution is 0.0706. The molecule has 1 fully saturated rings. The Kier molecular flexibility index (Phi) is 5.31. The third-order valence-electron chi connectivity index (χ3n) is 3.29. The summed E-state index contributed by atoms with van der Waals surface area (Å²) in [5, 5.41) is 2.63. The van der Waals surface area contributed by atoms with E-state index in [-0.39, 0.29) is 11.9 Å². The number of nitrogens with zero attached hydrogens (tertiary/aromatic N) is 2. The zero-order valence-electron chi connectivity index (χ0n) is 11.9. The van der Waals surface area contributed by atoms with Crippen molar-refractivity contribution in [2.45, 2.75) is 25.3 Å². The topological polar surface area (TPSA) is 105 Å². The molecule has 3 N–H and O–H groups in total. The summed E-state index contributed by atoms with van der Waals surface area (Å²) >= 11 is 1.44. The molecule has 0 unspecified atom stereocenters. The zero-order chi connectivity index (χ0) is 15.5. The Hall–Kier alpha value is -1.03. The predicted molar refractivity (Wildman–Crippen MR) is 81.8 cm³/mol. The number of likely N-dealkylation sites (tertiary alicyclic amines) is 1. The van der Waals surface area contributed by atoms with Gasteiger partial charge in [0.15, 0.2) is 0 Å². The minimum atomic E-state index is -3.19. The summed E-state index contributed by atoms with van der Waals surface area (Å²) in [5.41, 5.74) is 5.93. The summed E-state index contributed by atoms with van der Waals surface area (Å²) in [6.45, 7) is 1.59. The first-order chi connectivity index (χ1) is 9.89. The van der Waals surface area contributed by atoms with Crippen LogP contribution < -0.4 is 10.5 Å². The van der Waals surface area contributed by atoms with Gasteiger partial charge in [-0.05, 0) is 19.4 Å². The number of hydrogen-bond donors (Lipinski definition) is 2. The molecule has 1 aliphatic heterocycles. The van der Waals surface area contributed by atoms with Gasteiger partial charge in [-0.1, -0.05) is 0 Å². The van der Waals surface area contributed by atoms with Gasteiger partial charge in [-0.15, -0.1) is 11.3 Å². The Labute approximate surface area is 128 Å². The van der Waals surface area contributed by atoms with Crippen LogP contribution in [-0.4, -0.2) is 56.1 Å². The molecule has 1 aliphatic rings. The van der Waals surface area contributed by atoms with Crippen molar-refractivity contribution in [2.24, 2.45) is 5.73 Å². The summed E-state index contributed by atoms with van der Waals surface area (Å²) in [5.74, 6) is -0.0904. The second kappa shape index (κ2) is 6.82. The van der Waals surface area contributed by atoms with Crippen molar-refractivity contribution < 1.29 is 13.2 Å². The third-order valence-corrected chi connectivity index (χ3v) is 4.96. The quantitative estimate of drug-likeness (QED) is 0.777. The average molecular weight is 332 g/mol. The molecule has 2 rings (SSSR count). The highest BCUT2D eigenvalue weighted by Crippen LogP contribution is 2.16.